The first-order valence-corrected chi connectivity index (χ1v) is 10.4. The van der Waals surface area contributed by atoms with Crippen molar-refractivity contribution in [1.29, 1.82) is 0 Å². The fourth-order valence-corrected chi connectivity index (χ4v) is 3.98. The maximum absolute atomic E-state index is 12.5. The summed E-state index contributed by atoms with van der Waals surface area (Å²) in [5.74, 6) is -0.964. The summed E-state index contributed by atoms with van der Waals surface area (Å²) in [7, 11) is -3.59. The number of rotatable bonds is 6. The summed E-state index contributed by atoms with van der Waals surface area (Å²) in [5.41, 5.74) is 0.175. The third-order valence-electron chi connectivity index (χ3n) is 4.10. The highest BCUT2D eigenvalue weighted by Gasteiger charge is 2.30. The number of nitrogens with zero attached hydrogens (tertiary/aromatic N) is 1. The summed E-state index contributed by atoms with van der Waals surface area (Å²) in [6, 6.07) is 5.38. The molecule has 1 aliphatic rings. The molecule has 1 aromatic carbocycles. The highest BCUT2D eigenvalue weighted by atomic mass is 32.2. The lowest BCUT2D eigenvalue weighted by Crippen LogP contribution is -2.51. The Morgan fingerprint density at radius 3 is 2.30 bits per heavy atom. The average molecular weight is 398 g/mol. The van der Waals surface area contributed by atoms with Crippen molar-refractivity contribution in [3.05, 3.63) is 29.8 Å². The van der Waals surface area contributed by atoms with Crippen LogP contribution < -0.4 is 4.72 Å². The lowest BCUT2D eigenvalue weighted by molar-refractivity contribution is -0.151. The Kier molecular flexibility index (Phi) is 6.96. The molecule has 1 aromatic rings. The van der Waals surface area contributed by atoms with Gasteiger partial charge in [-0.15, -0.1) is 0 Å². The van der Waals surface area contributed by atoms with Crippen LogP contribution in [0.3, 0.4) is 0 Å². The minimum absolute atomic E-state index is 0.0568. The van der Waals surface area contributed by atoms with Crippen molar-refractivity contribution in [2.75, 3.05) is 19.6 Å². The van der Waals surface area contributed by atoms with E-state index >= 15 is 0 Å². The smallest absolute Gasteiger partial charge is 0.338 e. The highest BCUT2D eigenvalue weighted by molar-refractivity contribution is 7.89. The number of carbonyl (C=O) groups excluding carboxylic acids is 2. The molecule has 150 valence electrons. The molecule has 0 spiro atoms. The number of hydrogen-bond donors (Lipinski definition) is 1. The minimum atomic E-state index is -3.59. The molecule has 3 unspecified atom stereocenters. The summed E-state index contributed by atoms with van der Waals surface area (Å²) in [4.78, 5) is 26.5. The van der Waals surface area contributed by atoms with Gasteiger partial charge in [0, 0.05) is 19.6 Å². The Labute approximate surface area is 159 Å². The Morgan fingerprint density at radius 1 is 1.22 bits per heavy atom. The van der Waals surface area contributed by atoms with Gasteiger partial charge in [0.2, 0.25) is 10.0 Å². The van der Waals surface area contributed by atoms with E-state index in [9.17, 15) is 18.0 Å². The van der Waals surface area contributed by atoms with Crippen LogP contribution in [0.5, 0.6) is 0 Å². The van der Waals surface area contributed by atoms with E-state index in [2.05, 4.69) is 4.72 Å². The Morgan fingerprint density at radius 2 is 1.78 bits per heavy atom. The normalized spacial score (nSPS) is 21.6. The fraction of sp³-hybridized carbons (Fsp3) is 0.556. The largest absolute Gasteiger partial charge is 0.449 e. The van der Waals surface area contributed by atoms with E-state index in [1.807, 2.05) is 13.8 Å². The van der Waals surface area contributed by atoms with Gasteiger partial charge in [0.1, 0.15) is 0 Å². The van der Waals surface area contributed by atoms with Gasteiger partial charge in [-0.3, -0.25) is 4.79 Å². The predicted octanol–water partition coefficient (Wildman–Crippen LogP) is 1.17. The van der Waals surface area contributed by atoms with Crippen LogP contribution in [0.25, 0.3) is 0 Å². The van der Waals surface area contributed by atoms with Crippen LogP contribution in [-0.4, -0.2) is 63.1 Å². The van der Waals surface area contributed by atoms with E-state index in [1.165, 1.54) is 31.2 Å². The molecule has 0 aromatic heterocycles. The molecule has 1 aliphatic heterocycles. The van der Waals surface area contributed by atoms with Crippen LogP contribution >= 0.6 is 0 Å². The zero-order valence-corrected chi connectivity index (χ0v) is 16.8. The molecule has 1 heterocycles. The topological polar surface area (TPSA) is 102 Å². The molecule has 0 radical (unpaired) electrons. The second-order valence-electron chi connectivity index (χ2n) is 6.57. The molecule has 1 saturated heterocycles. The molecular formula is C18H26N2O6S. The second kappa shape index (κ2) is 8.81. The molecule has 27 heavy (non-hydrogen) atoms. The van der Waals surface area contributed by atoms with E-state index in [1.54, 1.807) is 11.8 Å². The first-order valence-electron chi connectivity index (χ1n) is 8.89. The summed E-state index contributed by atoms with van der Waals surface area (Å²) in [6.07, 6.45) is -1.10. The third kappa shape index (κ3) is 5.50. The number of carbonyl (C=O) groups is 2. The Bertz CT molecular complexity index is 768. The predicted molar refractivity (Wildman–Crippen MR) is 98.8 cm³/mol. The summed E-state index contributed by atoms with van der Waals surface area (Å²) in [6.45, 7) is 8.13. The number of amides is 1. The van der Waals surface area contributed by atoms with Crippen LogP contribution in [0.2, 0.25) is 0 Å². The molecule has 1 N–H and O–H groups in total. The lowest BCUT2D eigenvalue weighted by atomic mass is 10.2. The summed E-state index contributed by atoms with van der Waals surface area (Å²) >= 11 is 0. The monoisotopic (exact) mass is 398 g/mol. The van der Waals surface area contributed by atoms with Gasteiger partial charge in [-0.2, -0.15) is 0 Å². The van der Waals surface area contributed by atoms with Gasteiger partial charge in [-0.25, -0.2) is 17.9 Å². The van der Waals surface area contributed by atoms with E-state index < -0.39 is 22.1 Å². The fourth-order valence-electron chi connectivity index (χ4n) is 2.94. The van der Waals surface area contributed by atoms with Crippen LogP contribution in [-0.2, 0) is 24.3 Å². The molecule has 1 amide bonds. The van der Waals surface area contributed by atoms with E-state index in [0.29, 0.717) is 13.1 Å². The first-order chi connectivity index (χ1) is 12.6. The van der Waals surface area contributed by atoms with Crippen molar-refractivity contribution >= 4 is 21.9 Å². The second-order valence-corrected chi connectivity index (χ2v) is 8.34. The van der Waals surface area contributed by atoms with Gasteiger partial charge in [0.15, 0.2) is 6.10 Å². The quantitative estimate of drug-likeness (QED) is 0.722. The molecule has 2 rings (SSSR count). The van der Waals surface area contributed by atoms with Gasteiger partial charge in [0.05, 0.1) is 22.7 Å². The molecule has 0 bridgehead atoms. The molecule has 3 atom stereocenters. The van der Waals surface area contributed by atoms with Crippen molar-refractivity contribution in [2.24, 2.45) is 0 Å². The summed E-state index contributed by atoms with van der Waals surface area (Å²) < 4.78 is 37.1. The van der Waals surface area contributed by atoms with Gasteiger partial charge >= 0.3 is 5.97 Å². The SMILES string of the molecule is CCNS(=O)(=O)c1ccc(C(=O)OC(C)C(=O)N2CC(C)OC(C)C2)cc1. The molecule has 0 aliphatic carbocycles. The van der Waals surface area contributed by atoms with Gasteiger partial charge in [-0.1, -0.05) is 6.92 Å². The number of benzene rings is 1. The van der Waals surface area contributed by atoms with Crippen LogP contribution in [0, 0.1) is 0 Å². The number of nitrogens with one attached hydrogen (secondary N) is 1. The van der Waals surface area contributed by atoms with Gasteiger partial charge in [0.25, 0.3) is 5.91 Å². The molecular weight excluding hydrogens is 372 g/mol. The van der Waals surface area contributed by atoms with Crippen molar-refractivity contribution in [3.63, 3.8) is 0 Å². The minimum Gasteiger partial charge on any atom is -0.449 e. The van der Waals surface area contributed by atoms with E-state index in [0.717, 1.165) is 0 Å². The van der Waals surface area contributed by atoms with Crippen LogP contribution in [0.1, 0.15) is 38.1 Å². The highest BCUT2D eigenvalue weighted by Crippen LogP contribution is 2.15. The first kappa shape index (κ1) is 21.3. The van der Waals surface area contributed by atoms with Crippen molar-refractivity contribution < 1.29 is 27.5 Å². The number of hydrogen-bond acceptors (Lipinski definition) is 6. The van der Waals surface area contributed by atoms with Gasteiger partial charge in [-0.05, 0) is 45.0 Å². The zero-order valence-electron chi connectivity index (χ0n) is 16.0. The standard InChI is InChI=1S/C18H26N2O6S/c1-5-19-27(23,24)16-8-6-15(7-9-16)18(22)26-14(4)17(21)20-10-12(2)25-13(3)11-20/h6-9,12-14,19H,5,10-11H2,1-4H3. The van der Waals surface area contributed by atoms with Crippen molar-refractivity contribution in [2.45, 2.75) is 50.9 Å². The lowest BCUT2D eigenvalue weighted by Gasteiger charge is -2.36. The van der Waals surface area contributed by atoms with E-state index in [4.69, 9.17) is 9.47 Å². The number of ether oxygens (including phenoxy) is 2. The Balaban J connectivity index is 2.00. The van der Waals surface area contributed by atoms with Crippen LogP contribution in [0.4, 0.5) is 0 Å². The molecule has 9 heteroatoms. The van der Waals surface area contributed by atoms with Crippen LogP contribution in [0.15, 0.2) is 29.2 Å². The van der Waals surface area contributed by atoms with Crippen molar-refractivity contribution in [1.82, 2.24) is 9.62 Å². The molecule has 0 saturated carbocycles. The maximum Gasteiger partial charge on any atom is 0.338 e. The van der Waals surface area contributed by atoms with E-state index in [-0.39, 0.29) is 35.1 Å². The van der Waals surface area contributed by atoms with Gasteiger partial charge < -0.3 is 14.4 Å². The molecule has 8 nitrogen and oxygen atoms in total. The summed E-state index contributed by atoms with van der Waals surface area (Å²) in [5, 5.41) is 0. The Hall–Kier alpha value is -1.97. The number of sulfonamides is 1. The third-order valence-corrected chi connectivity index (χ3v) is 5.66. The molecule has 1 fully saturated rings. The average Bonchev–Trinajstić information content (AvgIpc) is 2.60. The number of morpholine rings is 1. The maximum atomic E-state index is 12.5. The number of esters is 1. The van der Waals surface area contributed by atoms with Crippen molar-refractivity contribution in [3.8, 4) is 0 Å². The zero-order chi connectivity index (χ0) is 20.2.